The van der Waals surface area contributed by atoms with E-state index in [-0.39, 0.29) is 11.8 Å². The molecule has 2 atom stereocenters. The molecule has 5 aromatic carbocycles. The standard InChI is InChI=1S/C40H34N2O3/c43-39(41-35-24-10-11-25-36(35)44-33-21-8-3-9-22-33)32-20-12-14-28(27-32)26-31-19-13-23-34(31)40-42-37(29-15-4-1-5-16-29)38(45-40)30-17-6-2-7-18-30/h1-12,14-18,20-22,24-25,27,31,34H,13,19,23,26H2,(H,41,43)/t31-,34+/m0/s1. The van der Waals surface area contributed by atoms with Crippen LogP contribution in [-0.4, -0.2) is 10.9 Å². The second kappa shape index (κ2) is 13.1. The normalized spacial score (nSPS) is 15.9. The molecular weight excluding hydrogens is 556 g/mol. The Hall–Kier alpha value is -5.42. The molecule has 5 nitrogen and oxygen atoms in total. The number of oxazole rings is 1. The average Bonchev–Trinajstić information content (AvgIpc) is 3.75. The number of rotatable bonds is 9. The number of benzene rings is 5. The molecule has 1 N–H and O–H groups in total. The van der Waals surface area contributed by atoms with E-state index in [4.69, 9.17) is 14.1 Å². The number of carbonyl (C=O) groups is 1. The first kappa shape index (κ1) is 28.4. The number of aromatic nitrogens is 1. The van der Waals surface area contributed by atoms with E-state index < -0.39 is 0 Å². The van der Waals surface area contributed by atoms with Crippen molar-refractivity contribution in [3.63, 3.8) is 0 Å². The van der Waals surface area contributed by atoms with Gasteiger partial charge >= 0.3 is 0 Å². The summed E-state index contributed by atoms with van der Waals surface area (Å²) in [6, 6.07) is 45.5. The molecule has 0 unspecified atom stereocenters. The number of carbonyl (C=O) groups excluding carboxylic acids is 1. The molecule has 1 saturated carbocycles. The zero-order valence-electron chi connectivity index (χ0n) is 24.9. The molecule has 6 aromatic rings. The Bertz CT molecular complexity index is 1830. The summed E-state index contributed by atoms with van der Waals surface area (Å²) in [6.45, 7) is 0. The van der Waals surface area contributed by atoms with E-state index in [1.54, 1.807) is 0 Å². The minimum absolute atomic E-state index is 0.170. The molecule has 7 rings (SSSR count). The van der Waals surface area contributed by atoms with Crippen molar-refractivity contribution >= 4 is 11.6 Å². The van der Waals surface area contributed by atoms with Crippen LogP contribution in [0.1, 0.15) is 47.0 Å². The van der Waals surface area contributed by atoms with E-state index in [1.807, 2.05) is 109 Å². The van der Waals surface area contributed by atoms with Crippen LogP contribution in [0.4, 0.5) is 5.69 Å². The van der Waals surface area contributed by atoms with E-state index >= 15 is 0 Å². The van der Waals surface area contributed by atoms with Crippen LogP contribution >= 0.6 is 0 Å². The zero-order valence-corrected chi connectivity index (χ0v) is 24.9. The smallest absolute Gasteiger partial charge is 0.255 e. The summed E-state index contributed by atoms with van der Waals surface area (Å²) in [5.74, 6) is 3.34. The molecule has 1 heterocycles. The number of hydrogen-bond donors (Lipinski definition) is 1. The lowest BCUT2D eigenvalue weighted by molar-refractivity contribution is 0.102. The third-order valence-electron chi connectivity index (χ3n) is 8.50. The molecule has 0 spiro atoms. The number of nitrogens with one attached hydrogen (secondary N) is 1. The van der Waals surface area contributed by atoms with Gasteiger partial charge in [-0.05, 0) is 67.1 Å². The maximum atomic E-state index is 13.4. The lowest BCUT2D eigenvalue weighted by Crippen LogP contribution is -2.14. The number of hydrogen-bond acceptors (Lipinski definition) is 4. The van der Waals surface area contributed by atoms with Gasteiger partial charge < -0.3 is 14.5 Å². The number of ether oxygens (including phenoxy) is 1. The van der Waals surface area contributed by atoms with Crippen LogP contribution in [0.15, 0.2) is 144 Å². The van der Waals surface area contributed by atoms with Crippen molar-refractivity contribution in [3.05, 3.63) is 157 Å². The van der Waals surface area contributed by atoms with Crippen molar-refractivity contribution < 1.29 is 13.9 Å². The van der Waals surface area contributed by atoms with Crippen molar-refractivity contribution in [2.24, 2.45) is 5.92 Å². The highest BCUT2D eigenvalue weighted by atomic mass is 16.5. The topological polar surface area (TPSA) is 64.4 Å². The molecule has 45 heavy (non-hydrogen) atoms. The number of amides is 1. The molecule has 1 aliphatic carbocycles. The zero-order chi connectivity index (χ0) is 30.4. The van der Waals surface area contributed by atoms with E-state index in [9.17, 15) is 4.79 Å². The quantitative estimate of drug-likeness (QED) is 0.182. The van der Waals surface area contributed by atoms with Crippen LogP contribution in [-0.2, 0) is 6.42 Å². The Kier molecular flexibility index (Phi) is 8.23. The minimum atomic E-state index is -0.170. The second-order valence-corrected chi connectivity index (χ2v) is 11.5. The maximum Gasteiger partial charge on any atom is 0.255 e. The summed E-state index contributed by atoms with van der Waals surface area (Å²) < 4.78 is 12.7. The SMILES string of the molecule is O=C(Nc1ccccc1Oc1ccccc1)c1cccc(C[C@@H]2CCC[C@H]2c2nc(-c3ccccc3)c(-c3ccccc3)o2)c1. The van der Waals surface area contributed by atoms with Crippen molar-refractivity contribution in [1.82, 2.24) is 4.98 Å². The van der Waals surface area contributed by atoms with Gasteiger partial charge in [-0.2, -0.15) is 0 Å². The third kappa shape index (κ3) is 6.43. The van der Waals surface area contributed by atoms with Crippen LogP contribution in [0.5, 0.6) is 11.5 Å². The molecule has 0 saturated heterocycles. The van der Waals surface area contributed by atoms with Crippen LogP contribution in [0.2, 0.25) is 0 Å². The van der Waals surface area contributed by atoms with Crippen molar-refractivity contribution in [1.29, 1.82) is 0 Å². The molecule has 5 heteroatoms. The monoisotopic (exact) mass is 590 g/mol. The lowest BCUT2D eigenvalue weighted by atomic mass is 9.89. The highest BCUT2D eigenvalue weighted by Gasteiger charge is 2.34. The first-order valence-electron chi connectivity index (χ1n) is 15.5. The Morgan fingerprint density at radius 3 is 2.22 bits per heavy atom. The molecule has 0 aliphatic heterocycles. The Morgan fingerprint density at radius 1 is 0.756 bits per heavy atom. The molecule has 1 aliphatic rings. The van der Waals surface area contributed by atoms with Gasteiger partial charge in [0.1, 0.15) is 11.4 Å². The van der Waals surface area contributed by atoms with Gasteiger partial charge in [0, 0.05) is 22.6 Å². The Labute approximate surface area is 263 Å². The van der Waals surface area contributed by atoms with Gasteiger partial charge in [-0.3, -0.25) is 4.79 Å². The van der Waals surface area contributed by atoms with Gasteiger partial charge in [0.15, 0.2) is 17.4 Å². The van der Waals surface area contributed by atoms with Crippen LogP contribution in [0.25, 0.3) is 22.6 Å². The van der Waals surface area contributed by atoms with Crippen LogP contribution in [0, 0.1) is 5.92 Å². The fourth-order valence-corrected chi connectivity index (χ4v) is 6.29. The molecule has 222 valence electrons. The number of nitrogens with zero attached hydrogens (tertiary/aromatic N) is 1. The highest BCUT2D eigenvalue weighted by Crippen LogP contribution is 2.44. The highest BCUT2D eigenvalue weighted by molar-refractivity contribution is 6.05. The summed E-state index contributed by atoms with van der Waals surface area (Å²) in [4.78, 5) is 18.5. The van der Waals surface area contributed by atoms with Gasteiger partial charge in [0.05, 0.1) is 5.69 Å². The molecular formula is C40H34N2O3. The average molecular weight is 591 g/mol. The summed E-state index contributed by atoms with van der Waals surface area (Å²) in [5, 5.41) is 3.05. The largest absolute Gasteiger partial charge is 0.455 e. The second-order valence-electron chi connectivity index (χ2n) is 11.5. The van der Waals surface area contributed by atoms with Gasteiger partial charge in [-0.1, -0.05) is 110 Å². The lowest BCUT2D eigenvalue weighted by Gasteiger charge is -2.17. The van der Waals surface area contributed by atoms with Crippen LogP contribution in [0.3, 0.4) is 0 Å². The van der Waals surface area contributed by atoms with Gasteiger partial charge in [-0.25, -0.2) is 4.98 Å². The summed E-state index contributed by atoms with van der Waals surface area (Å²) in [6.07, 6.45) is 4.10. The van der Waals surface area contributed by atoms with E-state index in [0.29, 0.717) is 28.7 Å². The summed E-state index contributed by atoms with van der Waals surface area (Å²) >= 11 is 0. The fourth-order valence-electron chi connectivity index (χ4n) is 6.29. The van der Waals surface area contributed by atoms with E-state index in [2.05, 4.69) is 35.6 Å². The van der Waals surface area contributed by atoms with Gasteiger partial charge in [-0.15, -0.1) is 0 Å². The van der Waals surface area contributed by atoms with E-state index in [1.165, 1.54) is 0 Å². The molecule has 1 aromatic heterocycles. The maximum absolute atomic E-state index is 13.4. The van der Waals surface area contributed by atoms with Crippen molar-refractivity contribution in [2.75, 3.05) is 5.32 Å². The predicted octanol–water partition coefficient (Wildman–Crippen LogP) is 10.2. The first-order valence-corrected chi connectivity index (χ1v) is 15.5. The summed E-state index contributed by atoms with van der Waals surface area (Å²) in [7, 11) is 0. The van der Waals surface area contributed by atoms with Crippen molar-refractivity contribution in [2.45, 2.75) is 31.6 Å². The molecule has 1 amide bonds. The van der Waals surface area contributed by atoms with E-state index in [0.717, 1.165) is 59.7 Å². The fraction of sp³-hybridized carbons (Fsp3) is 0.150. The minimum Gasteiger partial charge on any atom is -0.455 e. The number of anilines is 1. The van der Waals surface area contributed by atoms with Crippen LogP contribution < -0.4 is 10.1 Å². The number of para-hydroxylation sites is 3. The first-order chi connectivity index (χ1) is 22.2. The Balaban J connectivity index is 1.10. The van der Waals surface area contributed by atoms with Gasteiger partial charge in [0.2, 0.25) is 0 Å². The third-order valence-corrected chi connectivity index (χ3v) is 8.50. The predicted molar refractivity (Wildman–Crippen MR) is 179 cm³/mol. The summed E-state index contributed by atoms with van der Waals surface area (Å²) in [5.41, 5.74) is 5.34. The van der Waals surface area contributed by atoms with Gasteiger partial charge in [0.25, 0.3) is 5.91 Å². The Morgan fingerprint density at radius 2 is 1.44 bits per heavy atom. The molecule has 0 bridgehead atoms. The van der Waals surface area contributed by atoms with Crippen molar-refractivity contribution in [3.8, 4) is 34.1 Å². The molecule has 1 fully saturated rings. The molecule has 0 radical (unpaired) electrons.